The van der Waals surface area contributed by atoms with Crippen LogP contribution in [0.5, 0.6) is 0 Å². The fourth-order valence-electron chi connectivity index (χ4n) is 4.04. The first kappa shape index (κ1) is 26.2. The van der Waals surface area contributed by atoms with Crippen LogP contribution in [0.25, 0.3) is 0 Å². The molecule has 36 heavy (non-hydrogen) atoms. The van der Waals surface area contributed by atoms with Crippen molar-refractivity contribution in [2.24, 2.45) is 5.92 Å². The van der Waals surface area contributed by atoms with E-state index in [-0.39, 0.29) is 35.7 Å². The number of carbonyl (C=O) groups excluding carboxylic acids is 2. The van der Waals surface area contributed by atoms with Crippen LogP contribution in [0, 0.1) is 5.92 Å². The fraction of sp³-hybridized carbons (Fsp3) is 0.280. The molecule has 0 aliphatic carbocycles. The smallest absolute Gasteiger partial charge is 0.253 e. The number of halogens is 2. The van der Waals surface area contributed by atoms with Crippen LogP contribution >= 0.6 is 23.2 Å². The first-order valence-corrected chi connectivity index (χ1v) is 13.7. The third kappa shape index (κ3) is 6.47. The third-order valence-corrected chi connectivity index (χ3v) is 8.47. The van der Waals surface area contributed by atoms with E-state index in [4.69, 9.17) is 27.6 Å². The molecular weight excluding hydrogens is 525 g/mol. The SMILES string of the molecule is O=C(NCc1ccco1)c1ccccc1NC(=O)[C@@H]1CCCN(S(=O)(=O)Cc2ccc(Cl)c(Cl)c2)C1. The molecule has 2 aromatic carbocycles. The molecule has 1 aliphatic heterocycles. The highest BCUT2D eigenvalue weighted by Gasteiger charge is 2.33. The Hall–Kier alpha value is -2.85. The van der Waals surface area contributed by atoms with Crippen LogP contribution in [-0.4, -0.2) is 37.6 Å². The van der Waals surface area contributed by atoms with E-state index in [2.05, 4.69) is 10.6 Å². The van der Waals surface area contributed by atoms with Gasteiger partial charge >= 0.3 is 0 Å². The Morgan fingerprint density at radius 3 is 2.61 bits per heavy atom. The second-order valence-electron chi connectivity index (χ2n) is 8.50. The molecule has 0 radical (unpaired) electrons. The van der Waals surface area contributed by atoms with Gasteiger partial charge in [0.1, 0.15) is 5.76 Å². The Bertz CT molecular complexity index is 1350. The molecule has 8 nitrogen and oxygen atoms in total. The summed E-state index contributed by atoms with van der Waals surface area (Å²) in [7, 11) is -3.68. The van der Waals surface area contributed by atoms with Gasteiger partial charge in [0.2, 0.25) is 15.9 Å². The number of nitrogens with zero attached hydrogens (tertiary/aromatic N) is 1. The number of anilines is 1. The molecule has 1 atom stereocenters. The molecule has 1 fully saturated rings. The number of rotatable bonds is 8. The standard InChI is InChI=1S/C25H25Cl2N3O5S/c26-21-10-9-17(13-22(21)27)16-36(33,34)30-11-3-5-18(15-30)24(31)29-23-8-2-1-7-20(23)25(32)28-14-19-6-4-12-35-19/h1-2,4,6-10,12-13,18H,3,5,11,14-16H2,(H,28,32)(H,29,31)/t18-/m1/s1. The molecule has 2 N–H and O–H groups in total. The van der Waals surface area contributed by atoms with Crippen molar-refractivity contribution in [2.45, 2.75) is 25.1 Å². The van der Waals surface area contributed by atoms with Crippen LogP contribution in [0.1, 0.15) is 34.5 Å². The van der Waals surface area contributed by atoms with E-state index in [1.807, 2.05) is 0 Å². The monoisotopic (exact) mass is 549 g/mol. The van der Waals surface area contributed by atoms with Gasteiger partial charge in [0.05, 0.1) is 45.8 Å². The normalized spacial score (nSPS) is 16.4. The maximum atomic E-state index is 13.1. The summed E-state index contributed by atoms with van der Waals surface area (Å²) in [6, 6.07) is 14.9. The molecular formula is C25H25Cl2N3O5S. The first-order valence-electron chi connectivity index (χ1n) is 11.3. The number of furan rings is 1. The molecule has 0 spiro atoms. The van der Waals surface area contributed by atoms with Crippen molar-refractivity contribution in [1.82, 2.24) is 9.62 Å². The zero-order chi connectivity index (χ0) is 25.7. The number of para-hydroxylation sites is 1. The molecule has 2 heterocycles. The van der Waals surface area contributed by atoms with E-state index >= 15 is 0 Å². The Labute approximate surface area is 219 Å². The lowest BCUT2D eigenvalue weighted by atomic mass is 9.98. The number of benzene rings is 2. The van der Waals surface area contributed by atoms with Gasteiger partial charge < -0.3 is 15.1 Å². The number of nitrogens with one attached hydrogen (secondary N) is 2. The molecule has 1 aliphatic rings. The number of amides is 2. The first-order chi connectivity index (χ1) is 17.2. The minimum Gasteiger partial charge on any atom is -0.467 e. The van der Waals surface area contributed by atoms with Gasteiger partial charge in [-0.15, -0.1) is 0 Å². The average Bonchev–Trinajstić information content (AvgIpc) is 3.39. The van der Waals surface area contributed by atoms with Gasteiger partial charge in [-0.3, -0.25) is 9.59 Å². The van der Waals surface area contributed by atoms with Gasteiger partial charge in [0.15, 0.2) is 0 Å². The van der Waals surface area contributed by atoms with Crippen LogP contribution in [0.15, 0.2) is 65.3 Å². The summed E-state index contributed by atoms with van der Waals surface area (Å²) >= 11 is 12.0. The molecule has 4 rings (SSSR count). The molecule has 0 unspecified atom stereocenters. The van der Waals surface area contributed by atoms with Crippen LogP contribution in [-0.2, 0) is 27.1 Å². The van der Waals surface area contributed by atoms with Crippen molar-refractivity contribution in [3.05, 3.63) is 87.8 Å². The van der Waals surface area contributed by atoms with Crippen molar-refractivity contribution in [3.63, 3.8) is 0 Å². The Balaban J connectivity index is 1.40. The second kappa shape index (κ2) is 11.5. The van der Waals surface area contributed by atoms with E-state index in [1.165, 1.54) is 16.6 Å². The van der Waals surface area contributed by atoms with E-state index in [9.17, 15) is 18.0 Å². The van der Waals surface area contributed by atoms with Crippen molar-refractivity contribution in [1.29, 1.82) is 0 Å². The third-order valence-electron chi connectivity index (χ3n) is 5.91. The van der Waals surface area contributed by atoms with Crippen molar-refractivity contribution >= 4 is 50.7 Å². The Morgan fingerprint density at radius 1 is 1.06 bits per heavy atom. The van der Waals surface area contributed by atoms with Crippen LogP contribution in [0.4, 0.5) is 5.69 Å². The van der Waals surface area contributed by atoms with Gasteiger partial charge in [0, 0.05) is 13.1 Å². The maximum Gasteiger partial charge on any atom is 0.253 e. The van der Waals surface area contributed by atoms with Gasteiger partial charge in [-0.2, -0.15) is 0 Å². The summed E-state index contributed by atoms with van der Waals surface area (Å²) in [4.78, 5) is 25.8. The highest BCUT2D eigenvalue weighted by Crippen LogP contribution is 2.27. The number of sulfonamides is 1. The lowest BCUT2D eigenvalue weighted by molar-refractivity contribution is -0.120. The quantitative estimate of drug-likeness (QED) is 0.423. The number of piperidine rings is 1. The minimum atomic E-state index is -3.68. The summed E-state index contributed by atoms with van der Waals surface area (Å²) < 4.78 is 32.7. The highest BCUT2D eigenvalue weighted by molar-refractivity contribution is 7.88. The lowest BCUT2D eigenvalue weighted by Crippen LogP contribution is -2.44. The van der Waals surface area contributed by atoms with Gasteiger partial charge in [-0.1, -0.05) is 41.4 Å². The molecule has 1 saturated heterocycles. The average molecular weight is 550 g/mol. The topological polar surface area (TPSA) is 109 Å². The van der Waals surface area contributed by atoms with Gasteiger partial charge in [-0.05, 0) is 54.8 Å². The molecule has 190 valence electrons. The molecule has 3 aromatic rings. The van der Waals surface area contributed by atoms with Crippen LogP contribution < -0.4 is 10.6 Å². The summed E-state index contributed by atoms with van der Waals surface area (Å²) in [6.45, 7) is 0.601. The van der Waals surface area contributed by atoms with E-state index < -0.39 is 15.9 Å². The zero-order valence-corrected chi connectivity index (χ0v) is 21.6. The summed E-state index contributed by atoms with van der Waals surface area (Å²) in [5, 5.41) is 6.21. The molecule has 1 aromatic heterocycles. The second-order valence-corrected chi connectivity index (χ2v) is 11.3. The highest BCUT2D eigenvalue weighted by atomic mass is 35.5. The Morgan fingerprint density at radius 2 is 1.86 bits per heavy atom. The van der Waals surface area contributed by atoms with Crippen LogP contribution in [0.2, 0.25) is 10.0 Å². The summed E-state index contributed by atoms with van der Waals surface area (Å²) in [5.74, 6) is -0.889. The molecule has 0 saturated carbocycles. The van der Waals surface area contributed by atoms with Gasteiger partial charge in [0.25, 0.3) is 5.91 Å². The number of hydrogen-bond acceptors (Lipinski definition) is 5. The molecule has 0 bridgehead atoms. The fourth-order valence-corrected chi connectivity index (χ4v) is 5.96. The van der Waals surface area contributed by atoms with Crippen molar-refractivity contribution < 1.29 is 22.4 Å². The van der Waals surface area contributed by atoms with Gasteiger partial charge in [-0.25, -0.2) is 12.7 Å². The summed E-state index contributed by atoms with van der Waals surface area (Å²) in [6.07, 6.45) is 2.61. The van der Waals surface area contributed by atoms with E-state index in [1.54, 1.807) is 48.5 Å². The number of hydrogen-bond donors (Lipinski definition) is 2. The predicted octanol–water partition coefficient (Wildman–Crippen LogP) is 4.70. The summed E-state index contributed by atoms with van der Waals surface area (Å²) in [5.41, 5.74) is 1.18. The van der Waals surface area contributed by atoms with Crippen molar-refractivity contribution in [3.8, 4) is 0 Å². The predicted molar refractivity (Wildman–Crippen MR) is 138 cm³/mol. The lowest BCUT2D eigenvalue weighted by Gasteiger charge is -2.31. The molecule has 2 amide bonds. The Kier molecular flexibility index (Phi) is 8.35. The largest absolute Gasteiger partial charge is 0.467 e. The van der Waals surface area contributed by atoms with Crippen LogP contribution in [0.3, 0.4) is 0 Å². The minimum absolute atomic E-state index is 0.0579. The zero-order valence-electron chi connectivity index (χ0n) is 19.2. The molecule has 11 heteroatoms. The number of carbonyl (C=O) groups is 2. The van der Waals surface area contributed by atoms with E-state index in [0.717, 1.165) is 0 Å². The van der Waals surface area contributed by atoms with Crippen molar-refractivity contribution in [2.75, 3.05) is 18.4 Å². The van der Waals surface area contributed by atoms with E-state index in [0.29, 0.717) is 47.0 Å². The maximum absolute atomic E-state index is 13.1.